The second-order valence-corrected chi connectivity index (χ2v) is 5.92. The Kier molecular flexibility index (Phi) is 5.12. The maximum Gasteiger partial charge on any atom is 0.135 e. The molecule has 0 aliphatic heterocycles. The molecule has 106 valence electrons. The van der Waals surface area contributed by atoms with Crippen molar-refractivity contribution >= 4 is 27.4 Å². The molecule has 2 aromatic rings. The molecule has 2 rings (SSSR count). The molecule has 0 saturated carbocycles. The monoisotopic (exact) mass is 333 g/mol. The fraction of sp³-hybridized carbons (Fsp3) is 0.375. The minimum Gasteiger partial charge on any atom is -0.340 e. The zero-order valence-corrected chi connectivity index (χ0v) is 13.7. The Morgan fingerprint density at radius 2 is 1.95 bits per heavy atom. The van der Waals surface area contributed by atoms with E-state index in [1.165, 1.54) is 5.56 Å². The van der Waals surface area contributed by atoms with Crippen molar-refractivity contribution in [2.75, 3.05) is 5.32 Å². The Morgan fingerprint density at radius 3 is 2.65 bits per heavy atom. The van der Waals surface area contributed by atoms with Crippen molar-refractivity contribution in [3.63, 3.8) is 0 Å². The van der Waals surface area contributed by atoms with Crippen molar-refractivity contribution in [3.8, 4) is 0 Å². The molecule has 0 saturated heterocycles. The van der Waals surface area contributed by atoms with Crippen LogP contribution < -0.4 is 5.32 Å². The van der Waals surface area contributed by atoms with Crippen molar-refractivity contribution in [3.05, 3.63) is 46.3 Å². The van der Waals surface area contributed by atoms with Crippen LogP contribution >= 0.6 is 15.9 Å². The number of aromatic nitrogens is 2. The topological polar surface area (TPSA) is 37.8 Å². The summed E-state index contributed by atoms with van der Waals surface area (Å²) in [5, 5.41) is 3.41. The van der Waals surface area contributed by atoms with Crippen LogP contribution in [0.2, 0.25) is 0 Å². The molecule has 0 unspecified atom stereocenters. The summed E-state index contributed by atoms with van der Waals surface area (Å²) in [5.74, 6) is 2.17. The molecular formula is C16H20BrN3. The van der Waals surface area contributed by atoms with Gasteiger partial charge < -0.3 is 5.32 Å². The van der Waals surface area contributed by atoms with Crippen LogP contribution in [-0.2, 0) is 6.42 Å². The average molecular weight is 334 g/mol. The molecule has 1 N–H and O–H groups in total. The number of para-hydroxylation sites is 1. The molecule has 0 fully saturated rings. The minimum atomic E-state index is 0.471. The number of nitrogens with one attached hydrogen (secondary N) is 1. The molecule has 0 aliphatic carbocycles. The Hall–Kier alpha value is -1.42. The molecule has 1 aromatic heterocycles. The summed E-state index contributed by atoms with van der Waals surface area (Å²) in [6, 6.07) is 10.3. The standard InChI is InChI=1S/C16H20BrN3/c1-4-7-15-19-14(17)10-16(20-15)18-13-9-6-5-8-12(13)11(2)3/h5-6,8-11H,4,7H2,1-3H3,(H,18,19,20). The number of halogens is 1. The third kappa shape index (κ3) is 3.79. The van der Waals surface area contributed by atoms with Crippen molar-refractivity contribution in [1.82, 2.24) is 9.97 Å². The summed E-state index contributed by atoms with van der Waals surface area (Å²) in [6.45, 7) is 6.52. The number of rotatable bonds is 5. The van der Waals surface area contributed by atoms with E-state index >= 15 is 0 Å². The Morgan fingerprint density at radius 1 is 1.20 bits per heavy atom. The second kappa shape index (κ2) is 6.84. The van der Waals surface area contributed by atoms with Crippen LogP contribution in [0, 0.1) is 0 Å². The molecule has 0 aliphatic rings. The molecule has 3 nitrogen and oxygen atoms in total. The van der Waals surface area contributed by atoms with Crippen molar-refractivity contribution in [2.24, 2.45) is 0 Å². The first-order chi connectivity index (χ1) is 9.60. The van der Waals surface area contributed by atoms with Gasteiger partial charge in [-0.1, -0.05) is 39.0 Å². The molecule has 0 amide bonds. The van der Waals surface area contributed by atoms with E-state index in [-0.39, 0.29) is 0 Å². The van der Waals surface area contributed by atoms with Crippen LogP contribution in [-0.4, -0.2) is 9.97 Å². The Bertz CT molecular complexity index is 582. The van der Waals surface area contributed by atoms with Crippen LogP contribution in [0.1, 0.15) is 44.5 Å². The lowest BCUT2D eigenvalue weighted by Gasteiger charge is -2.14. The quantitative estimate of drug-likeness (QED) is 0.777. The molecule has 4 heteroatoms. The number of benzene rings is 1. The fourth-order valence-electron chi connectivity index (χ4n) is 2.12. The summed E-state index contributed by atoms with van der Waals surface area (Å²) < 4.78 is 0.820. The Balaban J connectivity index is 2.30. The van der Waals surface area contributed by atoms with Crippen molar-refractivity contribution in [2.45, 2.75) is 39.5 Å². The van der Waals surface area contributed by atoms with Gasteiger partial charge in [0, 0.05) is 18.2 Å². The zero-order chi connectivity index (χ0) is 14.5. The summed E-state index contributed by atoms with van der Waals surface area (Å²) in [4.78, 5) is 8.96. The van der Waals surface area contributed by atoms with E-state index in [1.807, 2.05) is 12.1 Å². The lowest BCUT2D eigenvalue weighted by Crippen LogP contribution is -2.03. The molecule has 0 radical (unpaired) electrons. The van der Waals surface area contributed by atoms with Gasteiger partial charge in [-0.2, -0.15) is 0 Å². The van der Waals surface area contributed by atoms with Gasteiger partial charge >= 0.3 is 0 Å². The predicted molar refractivity (Wildman–Crippen MR) is 87.5 cm³/mol. The van der Waals surface area contributed by atoms with E-state index in [0.717, 1.165) is 34.8 Å². The minimum absolute atomic E-state index is 0.471. The van der Waals surface area contributed by atoms with Gasteiger partial charge in [-0.3, -0.25) is 0 Å². The van der Waals surface area contributed by atoms with Crippen molar-refractivity contribution < 1.29 is 0 Å². The SMILES string of the molecule is CCCc1nc(Br)cc(Nc2ccccc2C(C)C)n1. The van der Waals surface area contributed by atoms with Gasteiger partial charge in [0.15, 0.2) is 0 Å². The third-order valence-corrected chi connectivity index (χ3v) is 3.47. The molecule has 1 heterocycles. The van der Waals surface area contributed by atoms with E-state index < -0.39 is 0 Å². The summed E-state index contributed by atoms with van der Waals surface area (Å²) in [7, 11) is 0. The first-order valence-corrected chi connectivity index (χ1v) is 7.79. The van der Waals surface area contributed by atoms with Crippen LogP contribution in [0.5, 0.6) is 0 Å². The smallest absolute Gasteiger partial charge is 0.135 e. The van der Waals surface area contributed by atoms with Crippen LogP contribution in [0.15, 0.2) is 34.9 Å². The summed E-state index contributed by atoms with van der Waals surface area (Å²) in [5.41, 5.74) is 2.40. The van der Waals surface area contributed by atoms with Crippen molar-refractivity contribution in [1.29, 1.82) is 0 Å². The van der Waals surface area contributed by atoms with Crippen LogP contribution in [0.25, 0.3) is 0 Å². The first kappa shape index (κ1) is 15.0. The summed E-state index contributed by atoms with van der Waals surface area (Å²) >= 11 is 3.45. The lowest BCUT2D eigenvalue weighted by molar-refractivity contribution is 0.830. The van der Waals surface area contributed by atoms with E-state index in [2.05, 4.69) is 70.2 Å². The fourth-order valence-corrected chi connectivity index (χ4v) is 2.54. The number of aryl methyl sites for hydroxylation is 1. The molecule has 20 heavy (non-hydrogen) atoms. The highest BCUT2D eigenvalue weighted by Crippen LogP contribution is 2.27. The summed E-state index contributed by atoms with van der Waals surface area (Å²) in [6.07, 6.45) is 1.93. The zero-order valence-electron chi connectivity index (χ0n) is 12.2. The predicted octanol–water partition coefficient (Wildman–Crippen LogP) is 5.06. The normalized spacial score (nSPS) is 10.8. The molecule has 0 bridgehead atoms. The van der Waals surface area contributed by atoms with Gasteiger partial charge in [0.25, 0.3) is 0 Å². The number of nitrogens with zero attached hydrogens (tertiary/aromatic N) is 2. The van der Waals surface area contributed by atoms with Gasteiger partial charge in [0.2, 0.25) is 0 Å². The highest BCUT2D eigenvalue weighted by Gasteiger charge is 2.08. The highest BCUT2D eigenvalue weighted by molar-refractivity contribution is 9.10. The molecule has 1 aromatic carbocycles. The average Bonchev–Trinajstić information content (AvgIpc) is 2.38. The Labute approximate surface area is 129 Å². The molecular weight excluding hydrogens is 314 g/mol. The first-order valence-electron chi connectivity index (χ1n) is 6.99. The van der Waals surface area contributed by atoms with E-state index in [0.29, 0.717) is 5.92 Å². The van der Waals surface area contributed by atoms with E-state index in [9.17, 15) is 0 Å². The van der Waals surface area contributed by atoms with Gasteiger partial charge in [0.05, 0.1) is 0 Å². The van der Waals surface area contributed by atoms with Crippen LogP contribution in [0.4, 0.5) is 11.5 Å². The highest BCUT2D eigenvalue weighted by atomic mass is 79.9. The third-order valence-electron chi connectivity index (χ3n) is 3.06. The van der Waals surface area contributed by atoms with Gasteiger partial charge in [0.1, 0.15) is 16.2 Å². The number of hydrogen-bond acceptors (Lipinski definition) is 3. The van der Waals surface area contributed by atoms with E-state index in [1.54, 1.807) is 0 Å². The second-order valence-electron chi connectivity index (χ2n) is 5.11. The van der Waals surface area contributed by atoms with Crippen LogP contribution in [0.3, 0.4) is 0 Å². The molecule has 0 spiro atoms. The molecule has 0 atom stereocenters. The maximum absolute atomic E-state index is 4.57. The largest absolute Gasteiger partial charge is 0.340 e. The lowest BCUT2D eigenvalue weighted by atomic mass is 10.0. The number of hydrogen-bond donors (Lipinski definition) is 1. The number of anilines is 2. The van der Waals surface area contributed by atoms with Gasteiger partial charge in [-0.05, 0) is 39.9 Å². The maximum atomic E-state index is 4.57. The van der Waals surface area contributed by atoms with Gasteiger partial charge in [-0.25, -0.2) is 9.97 Å². The van der Waals surface area contributed by atoms with Gasteiger partial charge in [-0.15, -0.1) is 0 Å². The van der Waals surface area contributed by atoms with E-state index in [4.69, 9.17) is 0 Å².